The molecule has 116 valence electrons. The van der Waals surface area contributed by atoms with Gasteiger partial charge in [0.05, 0.1) is 0 Å². The molecule has 2 rings (SSSR count). The van der Waals surface area contributed by atoms with Crippen LogP contribution in [0.4, 0.5) is 0 Å². The van der Waals surface area contributed by atoms with Crippen molar-refractivity contribution in [2.45, 2.75) is 57.9 Å². The van der Waals surface area contributed by atoms with Crippen LogP contribution in [0.15, 0.2) is 24.3 Å². The molecule has 1 atom stereocenters. The first-order valence-electron chi connectivity index (χ1n) is 8.23. The molecule has 0 aliphatic carbocycles. The molecular weight excluding hydrogens is 262 g/mol. The minimum atomic E-state index is -0.864. The average Bonchev–Trinajstić information content (AvgIpc) is 2.78. The molecule has 1 aliphatic rings. The zero-order valence-electron chi connectivity index (χ0n) is 13.3. The van der Waals surface area contributed by atoms with Gasteiger partial charge < -0.3 is 5.11 Å². The van der Waals surface area contributed by atoms with Crippen LogP contribution >= 0.6 is 0 Å². The minimum absolute atomic E-state index is 0.605. The molecule has 3 heteroatoms. The van der Waals surface area contributed by atoms with E-state index in [9.17, 15) is 9.90 Å². The predicted octanol–water partition coefficient (Wildman–Crippen LogP) is 3.81. The molecule has 1 fully saturated rings. The average molecular weight is 289 g/mol. The highest BCUT2D eigenvalue weighted by Gasteiger charge is 2.44. The maximum atomic E-state index is 12.2. The molecule has 0 bridgehead atoms. The zero-order chi connectivity index (χ0) is 15.3. The zero-order valence-corrected chi connectivity index (χ0v) is 13.3. The number of carboxylic acid groups (broad SMARTS) is 1. The number of carboxylic acids is 1. The molecular formula is C18H27NO2. The molecule has 0 spiro atoms. The summed E-state index contributed by atoms with van der Waals surface area (Å²) in [6.45, 7) is 5.88. The second-order valence-corrected chi connectivity index (χ2v) is 5.97. The monoisotopic (exact) mass is 289 g/mol. The van der Waals surface area contributed by atoms with Crippen LogP contribution in [0.2, 0.25) is 0 Å². The lowest BCUT2D eigenvalue weighted by atomic mass is 9.84. The van der Waals surface area contributed by atoms with Crippen molar-refractivity contribution in [3.63, 3.8) is 0 Å². The van der Waals surface area contributed by atoms with Gasteiger partial charge in [0, 0.05) is 0 Å². The molecule has 3 nitrogen and oxygen atoms in total. The van der Waals surface area contributed by atoms with Crippen LogP contribution in [0.5, 0.6) is 0 Å². The Kier molecular flexibility index (Phi) is 5.40. The van der Waals surface area contributed by atoms with Crippen molar-refractivity contribution in [1.82, 2.24) is 4.90 Å². The van der Waals surface area contributed by atoms with E-state index in [-0.39, 0.29) is 0 Å². The topological polar surface area (TPSA) is 40.5 Å². The third-order valence-electron chi connectivity index (χ3n) is 4.85. The van der Waals surface area contributed by atoms with E-state index in [0.717, 1.165) is 37.9 Å². The van der Waals surface area contributed by atoms with Crippen LogP contribution in [-0.2, 0) is 16.8 Å². The first-order chi connectivity index (χ1) is 10.1. The van der Waals surface area contributed by atoms with Crippen LogP contribution in [0.25, 0.3) is 0 Å². The molecule has 1 heterocycles. The molecule has 0 radical (unpaired) electrons. The maximum Gasteiger partial charge on any atom is 0.328 e. The van der Waals surface area contributed by atoms with Crippen LogP contribution in [-0.4, -0.2) is 29.1 Å². The number of carbonyl (C=O) groups is 1. The van der Waals surface area contributed by atoms with Crippen LogP contribution in [0, 0.1) is 0 Å². The molecule has 1 aliphatic heterocycles. The second kappa shape index (κ2) is 7.08. The van der Waals surface area contributed by atoms with Crippen LogP contribution in [0.1, 0.15) is 57.1 Å². The van der Waals surface area contributed by atoms with Gasteiger partial charge in [0.2, 0.25) is 0 Å². The molecule has 1 aromatic carbocycles. The molecule has 1 saturated heterocycles. The number of aliphatic carboxylic acids is 1. The summed E-state index contributed by atoms with van der Waals surface area (Å²) >= 11 is 0. The van der Waals surface area contributed by atoms with Gasteiger partial charge in [-0.3, -0.25) is 4.90 Å². The second-order valence-electron chi connectivity index (χ2n) is 5.97. The van der Waals surface area contributed by atoms with E-state index in [2.05, 4.69) is 24.0 Å². The van der Waals surface area contributed by atoms with Crippen molar-refractivity contribution in [3.05, 3.63) is 35.4 Å². The summed E-state index contributed by atoms with van der Waals surface area (Å²) in [4.78, 5) is 14.4. The van der Waals surface area contributed by atoms with E-state index in [0.29, 0.717) is 6.42 Å². The maximum absolute atomic E-state index is 12.2. The van der Waals surface area contributed by atoms with Gasteiger partial charge in [-0.2, -0.15) is 0 Å². The molecule has 0 amide bonds. The van der Waals surface area contributed by atoms with Crippen molar-refractivity contribution in [3.8, 4) is 0 Å². The van der Waals surface area contributed by atoms with E-state index in [4.69, 9.17) is 0 Å². The fraction of sp³-hybridized carbons (Fsp3) is 0.611. The highest BCUT2D eigenvalue weighted by molar-refractivity contribution is 5.80. The van der Waals surface area contributed by atoms with Crippen molar-refractivity contribution in [1.29, 1.82) is 0 Å². The highest BCUT2D eigenvalue weighted by Crippen LogP contribution is 2.34. The Morgan fingerprint density at radius 2 is 1.67 bits per heavy atom. The molecule has 21 heavy (non-hydrogen) atoms. The summed E-state index contributed by atoms with van der Waals surface area (Å²) in [5, 5.41) is 10.0. The number of benzene rings is 1. The van der Waals surface area contributed by atoms with E-state index in [1.807, 2.05) is 19.1 Å². The highest BCUT2D eigenvalue weighted by atomic mass is 16.4. The Hall–Kier alpha value is -1.35. The largest absolute Gasteiger partial charge is 0.480 e. The molecule has 0 aromatic heterocycles. The fourth-order valence-electron chi connectivity index (χ4n) is 3.49. The minimum Gasteiger partial charge on any atom is -0.480 e. The Labute approximate surface area is 128 Å². The first kappa shape index (κ1) is 16.0. The summed E-state index contributed by atoms with van der Waals surface area (Å²) in [7, 11) is 0. The quantitative estimate of drug-likeness (QED) is 0.896. The third kappa shape index (κ3) is 3.13. The number of aryl methyl sites for hydroxylation is 1. The van der Waals surface area contributed by atoms with Gasteiger partial charge in [-0.1, -0.05) is 51.0 Å². The first-order valence-corrected chi connectivity index (χ1v) is 8.23. The lowest BCUT2D eigenvalue weighted by molar-refractivity contribution is -0.153. The standard InChI is InChI=1S/C18H27NO2/c1-3-15-9-11-16(12-10-15)18(4-2,17(20)21)19-13-7-5-6-8-14-19/h9-12H,3-8,13-14H2,1-2H3,(H,20,21). The lowest BCUT2D eigenvalue weighted by Crippen LogP contribution is -2.52. The number of hydrogen-bond donors (Lipinski definition) is 1. The van der Waals surface area contributed by atoms with Gasteiger partial charge in [0.1, 0.15) is 5.54 Å². The van der Waals surface area contributed by atoms with Gasteiger partial charge >= 0.3 is 5.97 Å². The van der Waals surface area contributed by atoms with E-state index >= 15 is 0 Å². The van der Waals surface area contributed by atoms with Crippen LogP contribution < -0.4 is 0 Å². The van der Waals surface area contributed by atoms with Gasteiger partial charge in [0.15, 0.2) is 0 Å². The Morgan fingerprint density at radius 3 is 2.10 bits per heavy atom. The Balaban J connectivity index is 2.41. The van der Waals surface area contributed by atoms with Crippen LogP contribution in [0.3, 0.4) is 0 Å². The van der Waals surface area contributed by atoms with Crippen molar-refractivity contribution >= 4 is 5.97 Å². The number of rotatable bonds is 5. The molecule has 1 N–H and O–H groups in total. The lowest BCUT2D eigenvalue weighted by Gasteiger charge is -2.40. The Morgan fingerprint density at radius 1 is 1.10 bits per heavy atom. The van der Waals surface area contributed by atoms with Gasteiger partial charge in [-0.15, -0.1) is 0 Å². The SMILES string of the molecule is CCc1ccc(C(CC)(C(=O)O)N2CCCCCC2)cc1. The summed E-state index contributed by atoms with van der Waals surface area (Å²) in [6.07, 6.45) is 6.21. The van der Waals surface area contributed by atoms with E-state index in [1.165, 1.54) is 18.4 Å². The van der Waals surface area contributed by atoms with Gasteiger partial charge in [-0.25, -0.2) is 4.79 Å². The summed E-state index contributed by atoms with van der Waals surface area (Å²) < 4.78 is 0. The van der Waals surface area contributed by atoms with Crippen molar-refractivity contribution in [2.24, 2.45) is 0 Å². The fourth-order valence-corrected chi connectivity index (χ4v) is 3.49. The number of hydrogen-bond acceptors (Lipinski definition) is 2. The normalized spacial score (nSPS) is 19.7. The number of nitrogens with zero attached hydrogens (tertiary/aromatic N) is 1. The predicted molar refractivity (Wildman–Crippen MR) is 85.5 cm³/mol. The van der Waals surface area contributed by atoms with Crippen molar-refractivity contribution in [2.75, 3.05) is 13.1 Å². The smallest absolute Gasteiger partial charge is 0.328 e. The van der Waals surface area contributed by atoms with Gasteiger partial charge in [-0.05, 0) is 49.9 Å². The molecule has 1 unspecified atom stereocenters. The molecule has 1 aromatic rings. The summed E-state index contributed by atoms with van der Waals surface area (Å²) in [5.41, 5.74) is 1.32. The summed E-state index contributed by atoms with van der Waals surface area (Å²) in [5.74, 6) is -0.712. The number of likely N-dealkylation sites (tertiary alicyclic amines) is 1. The van der Waals surface area contributed by atoms with Crippen molar-refractivity contribution < 1.29 is 9.90 Å². The molecule has 0 saturated carbocycles. The van der Waals surface area contributed by atoms with E-state index < -0.39 is 11.5 Å². The Bertz CT molecular complexity index is 461. The summed E-state index contributed by atoms with van der Waals surface area (Å²) in [6, 6.07) is 8.17. The van der Waals surface area contributed by atoms with E-state index in [1.54, 1.807) is 0 Å². The van der Waals surface area contributed by atoms with Gasteiger partial charge in [0.25, 0.3) is 0 Å². The third-order valence-corrected chi connectivity index (χ3v) is 4.85.